The number of rotatable bonds is 3. The molecule has 3 aliphatic rings. The topological polar surface area (TPSA) is 154 Å². The van der Waals surface area contributed by atoms with E-state index >= 15 is 0 Å². The van der Waals surface area contributed by atoms with Crippen LogP contribution in [0.4, 0.5) is 4.79 Å². The number of carbonyl (C=O) groups excluding carboxylic acids is 3. The second-order valence-corrected chi connectivity index (χ2v) is 14.9. The third-order valence-corrected chi connectivity index (χ3v) is 11.0. The van der Waals surface area contributed by atoms with Gasteiger partial charge in [-0.3, -0.25) is 9.59 Å². The molecule has 5 heterocycles. The molecule has 284 valence electrons. The zero-order valence-corrected chi connectivity index (χ0v) is 31.3. The van der Waals surface area contributed by atoms with E-state index in [1.54, 1.807) is 6.20 Å². The highest BCUT2D eigenvalue weighted by Crippen LogP contribution is 2.35. The van der Waals surface area contributed by atoms with Crippen molar-refractivity contribution < 1.29 is 23.9 Å². The molecule has 12 nitrogen and oxygen atoms in total. The Morgan fingerprint density at radius 2 is 1.72 bits per heavy atom. The maximum atomic E-state index is 13.3. The largest absolute Gasteiger partial charge is 0.453 e. The lowest BCUT2D eigenvalue weighted by atomic mass is 9.98. The molecule has 2 aromatic heterocycles. The third-order valence-electron chi connectivity index (χ3n) is 11.0. The van der Waals surface area contributed by atoms with Crippen LogP contribution in [0.2, 0.25) is 0 Å². The molecule has 3 aliphatic heterocycles. The first kappa shape index (κ1) is 37.2. The van der Waals surface area contributed by atoms with E-state index < -0.39 is 18.2 Å². The summed E-state index contributed by atoms with van der Waals surface area (Å²) in [4.78, 5) is 57.3. The third kappa shape index (κ3) is 8.79. The van der Waals surface area contributed by atoms with Gasteiger partial charge in [0, 0.05) is 36.8 Å². The van der Waals surface area contributed by atoms with Gasteiger partial charge in [-0.25, -0.2) is 14.8 Å². The molecule has 7 rings (SSSR count). The Bertz CT molecular complexity index is 2010. The number of nitrogens with zero attached hydrogens (tertiary/aromatic N) is 3. The van der Waals surface area contributed by atoms with Crippen molar-refractivity contribution in [1.82, 2.24) is 35.5 Å². The molecule has 0 spiro atoms. The van der Waals surface area contributed by atoms with Crippen LogP contribution in [0.3, 0.4) is 0 Å². The Balaban J connectivity index is 1.07. The van der Waals surface area contributed by atoms with Crippen molar-refractivity contribution in [1.29, 1.82) is 0 Å². The minimum atomic E-state index is -0.698. The predicted molar refractivity (Wildman–Crippen MR) is 205 cm³/mol. The summed E-state index contributed by atoms with van der Waals surface area (Å²) in [6.07, 6.45) is 11.8. The average Bonchev–Trinajstić information content (AvgIpc) is 3.96. The zero-order chi connectivity index (χ0) is 37.4. The monoisotopic (exact) mass is 733 g/mol. The lowest BCUT2D eigenvalue weighted by molar-refractivity contribution is -0.136. The van der Waals surface area contributed by atoms with Gasteiger partial charge in [0.25, 0.3) is 0 Å². The highest BCUT2D eigenvalue weighted by Gasteiger charge is 2.34. The number of H-pyrrole nitrogens is 2. The quantitative estimate of drug-likeness (QED) is 0.172. The van der Waals surface area contributed by atoms with Crippen LogP contribution in [0.1, 0.15) is 118 Å². The molecule has 12 heteroatoms. The minimum Gasteiger partial charge on any atom is -0.453 e. The molecular weight excluding hydrogens is 683 g/mol. The zero-order valence-electron chi connectivity index (χ0n) is 31.3. The summed E-state index contributed by atoms with van der Waals surface area (Å²) in [5, 5.41) is 5.75. The SMILES string of the molecule is COC(=O)N[C@H]1CCCCCOCC[C@@H](c2ncc(-c3ccc(C#Cc4cc5c6[nH]c(nc6c4)C4CCCN4C(=O)[C@@H](C)CCCCC5)cc3)[nH]2)NC1=O. The van der Waals surface area contributed by atoms with Gasteiger partial charge in [-0.1, -0.05) is 56.6 Å². The molecule has 2 fully saturated rings. The van der Waals surface area contributed by atoms with Crippen LogP contribution in [0.15, 0.2) is 42.6 Å². The van der Waals surface area contributed by atoms with Crippen LogP contribution in [0, 0.1) is 17.8 Å². The maximum Gasteiger partial charge on any atom is 0.407 e. The molecule has 2 aromatic carbocycles. The van der Waals surface area contributed by atoms with Crippen LogP contribution >= 0.6 is 0 Å². The Morgan fingerprint density at radius 1 is 0.907 bits per heavy atom. The van der Waals surface area contributed by atoms with Crippen LogP contribution in [0.25, 0.3) is 22.3 Å². The number of amides is 3. The molecule has 2 bridgehead atoms. The number of ether oxygens (including phenoxy) is 2. The fraction of sp³-hybridized carbons (Fsp3) is 0.500. The van der Waals surface area contributed by atoms with E-state index in [1.165, 1.54) is 12.7 Å². The van der Waals surface area contributed by atoms with Gasteiger partial charge in [0.05, 0.1) is 42.1 Å². The maximum absolute atomic E-state index is 13.3. The van der Waals surface area contributed by atoms with E-state index in [0.29, 0.717) is 31.9 Å². The molecular formula is C42H51N7O5. The Labute approximate surface area is 316 Å². The van der Waals surface area contributed by atoms with Gasteiger partial charge in [0.1, 0.15) is 17.7 Å². The highest BCUT2D eigenvalue weighted by atomic mass is 16.5. The van der Waals surface area contributed by atoms with Crippen molar-refractivity contribution in [3.8, 4) is 23.1 Å². The number of methoxy groups -OCH3 is 1. The van der Waals surface area contributed by atoms with Crippen molar-refractivity contribution in [2.24, 2.45) is 5.92 Å². The van der Waals surface area contributed by atoms with Gasteiger partial charge in [0.2, 0.25) is 11.8 Å². The standard InChI is InChI=1S/C42H51N7O5/c1-27-10-5-3-6-11-31-24-29(25-34-37(31)48-39(44-34)36-13-9-21-49(36)41(27)51)15-14-28-16-18-30(19-17-28)35-26-43-38(45-35)32-20-23-54-22-8-4-7-12-33(40(50)46-32)47-42(52)53-2/h16-19,24-27,32-33,36H,3-13,20-23H2,1-2H3,(H,43,45)(H,44,48)(H,46,50)(H,47,52)/t27-,32-,33-,36?/m0/s1. The van der Waals surface area contributed by atoms with E-state index in [9.17, 15) is 14.4 Å². The molecule has 0 radical (unpaired) electrons. The smallest absolute Gasteiger partial charge is 0.407 e. The number of hydrogen-bond acceptors (Lipinski definition) is 7. The van der Waals surface area contributed by atoms with E-state index in [0.717, 1.165) is 110 Å². The number of hydrogen-bond donors (Lipinski definition) is 4. The molecule has 4 aromatic rings. The summed E-state index contributed by atoms with van der Waals surface area (Å²) in [6.45, 7) is 3.99. The number of aromatic amines is 2. The normalized spacial score (nSPS) is 23.0. The first-order valence-electron chi connectivity index (χ1n) is 19.6. The summed E-state index contributed by atoms with van der Waals surface area (Å²) < 4.78 is 10.6. The Kier molecular flexibility index (Phi) is 11.9. The molecule has 2 saturated heterocycles. The van der Waals surface area contributed by atoms with Gasteiger partial charge < -0.3 is 35.0 Å². The highest BCUT2D eigenvalue weighted by molar-refractivity contribution is 5.86. The van der Waals surface area contributed by atoms with Crippen molar-refractivity contribution in [3.05, 3.63) is 70.9 Å². The number of alkyl carbamates (subject to hydrolysis) is 1. The molecule has 54 heavy (non-hydrogen) atoms. The second kappa shape index (κ2) is 17.3. The fourth-order valence-corrected chi connectivity index (χ4v) is 7.89. The molecule has 0 aliphatic carbocycles. The number of aryl methyl sites for hydroxylation is 1. The number of fused-ring (bicyclic) bond motifs is 3. The van der Waals surface area contributed by atoms with E-state index in [-0.39, 0.29) is 23.8 Å². The van der Waals surface area contributed by atoms with E-state index in [1.807, 2.05) is 29.2 Å². The second-order valence-electron chi connectivity index (χ2n) is 14.9. The van der Waals surface area contributed by atoms with Crippen molar-refractivity contribution in [3.63, 3.8) is 0 Å². The minimum absolute atomic E-state index is 0.00417. The number of imidazole rings is 2. The van der Waals surface area contributed by atoms with Crippen molar-refractivity contribution in [2.75, 3.05) is 26.9 Å². The fourth-order valence-electron chi connectivity index (χ4n) is 7.89. The van der Waals surface area contributed by atoms with Gasteiger partial charge in [-0.15, -0.1) is 0 Å². The summed E-state index contributed by atoms with van der Waals surface area (Å²) in [6, 6.07) is 11.1. The first-order chi connectivity index (χ1) is 26.4. The van der Waals surface area contributed by atoms with Gasteiger partial charge in [0.15, 0.2) is 0 Å². The van der Waals surface area contributed by atoms with Crippen molar-refractivity contribution in [2.45, 2.75) is 102 Å². The summed E-state index contributed by atoms with van der Waals surface area (Å²) in [5.74, 6) is 8.25. The molecule has 1 unspecified atom stereocenters. The molecule has 4 N–H and O–H groups in total. The number of carbonyl (C=O) groups is 3. The number of aromatic nitrogens is 4. The first-order valence-corrected chi connectivity index (χ1v) is 19.6. The van der Waals surface area contributed by atoms with E-state index in [4.69, 9.17) is 14.5 Å². The molecule has 3 amide bonds. The van der Waals surface area contributed by atoms with Crippen LogP contribution in [-0.4, -0.2) is 75.7 Å². The predicted octanol–water partition coefficient (Wildman–Crippen LogP) is 6.63. The van der Waals surface area contributed by atoms with Crippen LogP contribution < -0.4 is 10.6 Å². The van der Waals surface area contributed by atoms with Gasteiger partial charge >= 0.3 is 6.09 Å². The van der Waals surface area contributed by atoms with Crippen LogP contribution in [-0.2, 0) is 25.5 Å². The summed E-state index contributed by atoms with van der Waals surface area (Å²) >= 11 is 0. The molecule has 0 saturated carbocycles. The number of benzene rings is 2. The summed E-state index contributed by atoms with van der Waals surface area (Å²) in [5.41, 5.74) is 6.75. The van der Waals surface area contributed by atoms with Gasteiger partial charge in [-0.05, 0) is 86.8 Å². The average molecular weight is 734 g/mol. The summed E-state index contributed by atoms with van der Waals surface area (Å²) in [7, 11) is 1.29. The van der Waals surface area contributed by atoms with Gasteiger partial charge in [-0.2, -0.15) is 0 Å². The lowest BCUT2D eigenvalue weighted by Crippen LogP contribution is -2.48. The molecule has 4 atom stereocenters. The van der Waals surface area contributed by atoms with E-state index in [2.05, 4.69) is 56.5 Å². The Morgan fingerprint density at radius 3 is 2.57 bits per heavy atom. The van der Waals surface area contributed by atoms with Crippen LogP contribution in [0.5, 0.6) is 0 Å². The number of nitrogens with one attached hydrogen (secondary N) is 4. The lowest BCUT2D eigenvalue weighted by Gasteiger charge is -2.26. The Hall–Kier alpha value is -5.15. The van der Waals surface area contributed by atoms with Crippen molar-refractivity contribution >= 4 is 28.9 Å².